The van der Waals surface area contributed by atoms with E-state index >= 15 is 0 Å². The Morgan fingerprint density at radius 3 is 1.91 bits per heavy atom. The molecule has 1 aliphatic heterocycles. The van der Waals surface area contributed by atoms with Gasteiger partial charge in [0.15, 0.2) is 5.92 Å². The lowest BCUT2D eigenvalue weighted by atomic mass is 9.78. The number of β-lactam (4-membered cyclic amide) rings is 1. The number of carbonyl (C=O) groups excluding carboxylic acids is 4. The molecule has 0 aliphatic carbocycles. The van der Waals surface area contributed by atoms with Crippen LogP contribution < -0.4 is 4.90 Å². The number of benzene rings is 5. The fraction of sp³-hybridized carbons (Fsp3) is 0.224. The first-order chi connectivity index (χ1) is 28.2. The summed E-state index contributed by atoms with van der Waals surface area (Å²) in [6.45, 7) is 5.15. The summed E-state index contributed by atoms with van der Waals surface area (Å²) in [5.41, 5.74) is 5.57. The summed E-state index contributed by atoms with van der Waals surface area (Å²) in [5.74, 6) is 2.00. The molecule has 5 aromatic rings. The van der Waals surface area contributed by atoms with Crippen molar-refractivity contribution in [3.63, 3.8) is 0 Å². The summed E-state index contributed by atoms with van der Waals surface area (Å²) in [6.07, 6.45) is 2.53. The van der Waals surface area contributed by atoms with Gasteiger partial charge in [0.1, 0.15) is 25.1 Å². The van der Waals surface area contributed by atoms with Gasteiger partial charge in [-0.15, -0.1) is 6.58 Å². The maximum Gasteiger partial charge on any atom is 0.321 e. The lowest BCUT2D eigenvalue weighted by molar-refractivity contribution is -0.163. The third kappa shape index (κ3) is 10.7. The van der Waals surface area contributed by atoms with Gasteiger partial charge in [-0.1, -0.05) is 115 Å². The van der Waals surface area contributed by atoms with Gasteiger partial charge in [0, 0.05) is 24.6 Å². The van der Waals surface area contributed by atoms with Gasteiger partial charge >= 0.3 is 17.9 Å². The van der Waals surface area contributed by atoms with Crippen LogP contribution in [0.4, 0.5) is 10.1 Å². The Morgan fingerprint density at radius 2 is 1.36 bits per heavy atom. The molecule has 0 saturated carbocycles. The minimum Gasteiger partial charge on any atom is -0.460 e. The normalized spacial score (nSPS) is 15.0. The Kier molecular flexibility index (Phi) is 14.0. The third-order valence-corrected chi connectivity index (χ3v) is 9.91. The van der Waals surface area contributed by atoms with Crippen molar-refractivity contribution in [2.24, 2.45) is 11.8 Å². The molecule has 0 spiro atoms. The first-order valence-electron chi connectivity index (χ1n) is 19.2. The predicted molar refractivity (Wildman–Crippen MR) is 218 cm³/mol. The van der Waals surface area contributed by atoms with E-state index in [9.17, 15) is 23.6 Å². The maximum atomic E-state index is 13.9. The minimum absolute atomic E-state index is 0.00826. The van der Waals surface area contributed by atoms with E-state index in [0.717, 1.165) is 27.9 Å². The van der Waals surface area contributed by atoms with Crippen molar-refractivity contribution in [1.29, 1.82) is 0 Å². The van der Waals surface area contributed by atoms with Crippen LogP contribution in [-0.2, 0) is 53.0 Å². The molecular weight excluding hydrogens is 734 g/mol. The van der Waals surface area contributed by atoms with Crippen LogP contribution in [0.5, 0.6) is 0 Å². The number of halogens is 1. The molecule has 0 unspecified atom stereocenters. The largest absolute Gasteiger partial charge is 0.460 e. The van der Waals surface area contributed by atoms with E-state index in [1.54, 1.807) is 17.0 Å². The predicted octanol–water partition coefficient (Wildman–Crippen LogP) is 9.19. The molecule has 6 rings (SSSR count). The minimum atomic E-state index is -1.25. The van der Waals surface area contributed by atoms with E-state index in [-0.39, 0.29) is 31.6 Å². The number of amides is 1. The molecule has 1 aliphatic rings. The molecule has 58 heavy (non-hydrogen) atoms. The fourth-order valence-corrected chi connectivity index (χ4v) is 6.90. The summed E-state index contributed by atoms with van der Waals surface area (Å²) in [7, 11) is 0. The zero-order valence-electron chi connectivity index (χ0n) is 32.2. The lowest BCUT2D eigenvalue weighted by Crippen LogP contribution is -2.55. The van der Waals surface area contributed by atoms with Gasteiger partial charge in [0.2, 0.25) is 5.91 Å². The first-order valence-corrected chi connectivity index (χ1v) is 19.2. The average molecular weight is 778 g/mol. The van der Waals surface area contributed by atoms with Gasteiger partial charge in [-0.2, -0.15) is 0 Å². The summed E-state index contributed by atoms with van der Waals surface area (Å²) in [4.78, 5) is 54.1. The van der Waals surface area contributed by atoms with Crippen LogP contribution in [-0.4, -0.2) is 23.8 Å². The SMILES string of the molecule is C=CCc1ccc(N2C(=O)[C@H](CC[C@H](OC(C)=O)c3ccc(F)cc3)[C@H]2c2ccc(C#CCC(C(=O)OCc3ccccc3)C(=O)OCc3ccccc3)cc2)cc1. The van der Waals surface area contributed by atoms with Crippen molar-refractivity contribution >= 4 is 29.5 Å². The van der Waals surface area contributed by atoms with Gasteiger partial charge in [-0.25, -0.2) is 4.39 Å². The van der Waals surface area contributed by atoms with Crippen molar-refractivity contribution in [1.82, 2.24) is 0 Å². The molecule has 9 heteroatoms. The van der Waals surface area contributed by atoms with Crippen LogP contribution in [0.2, 0.25) is 0 Å². The van der Waals surface area contributed by atoms with Crippen LogP contribution >= 0.6 is 0 Å². The van der Waals surface area contributed by atoms with Gasteiger partial charge in [-0.05, 0) is 83.5 Å². The van der Waals surface area contributed by atoms with E-state index in [1.165, 1.54) is 19.1 Å². The highest BCUT2D eigenvalue weighted by molar-refractivity contribution is 6.03. The fourth-order valence-electron chi connectivity index (χ4n) is 6.90. The average Bonchev–Trinajstić information content (AvgIpc) is 3.24. The molecule has 0 bridgehead atoms. The highest BCUT2D eigenvalue weighted by Gasteiger charge is 2.48. The van der Waals surface area contributed by atoms with Crippen LogP contribution in [0.3, 0.4) is 0 Å². The molecule has 1 fully saturated rings. The van der Waals surface area contributed by atoms with Gasteiger partial charge < -0.3 is 19.1 Å². The Labute approximate surface area is 338 Å². The highest BCUT2D eigenvalue weighted by Crippen LogP contribution is 2.46. The van der Waals surface area contributed by atoms with Gasteiger partial charge in [0.05, 0.1) is 12.0 Å². The highest BCUT2D eigenvalue weighted by atomic mass is 19.1. The maximum absolute atomic E-state index is 13.9. The van der Waals surface area contributed by atoms with Crippen molar-refractivity contribution in [3.8, 4) is 11.8 Å². The number of carbonyl (C=O) groups is 4. The first kappa shape index (κ1) is 40.9. The summed E-state index contributed by atoms with van der Waals surface area (Å²) in [5, 5.41) is 0. The second-order valence-electron chi connectivity index (χ2n) is 14.0. The van der Waals surface area contributed by atoms with Crippen LogP contribution in [0.15, 0.2) is 146 Å². The Bertz CT molecular complexity index is 2190. The summed E-state index contributed by atoms with van der Waals surface area (Å²) in [6, 6.07) is 39.2. The number of anilines is 1. The standard InChI is InChI=1S/C49H44FNO7/c1-3-11-35-20-28-42(29-21-35)51-46(43(47(51)53)30-31-45(58-34(2)52)39-24-26-41(50)27-25-39)40-22-18-36(19-23-40)16-10-17-44(48(54)56-32-37-12-6-4-7-13-37)49(55)57-33-38-14-8-5-9-15-38/h3-9,12-15,18-29,43-46H,1,11,17,30-33H2,2H3/t43-,45+,46-/m1/s1. The van der Waals surface area contributed by atoms with Crippen LogP contribution in [0, 0.1) is 29.5 Å². The van der Waals surface area contributed by atoms with E-state index in [1.807, 2.05) is 115 Å². The van der Waals surface area contributed by atoms with Crippen molar-refractivity contribution in [2.75, 3.05) is 4.90 Å². The zero-order chi connectivity index (χ0) is 40.9. The number of allylic oxidation sites excluding steroid dienone is 1. The second kappa shape index (κ2) is 19.9. The Hall–Kier alpha value is -6.79. The number of esters is 3. The molecule has 294 valence electrons. The third-order valence-electron chi connectivity index (χ3n) is 9.91. The smallest absolute Gasteiger partial charge is 0.321 e. The quantitative estimate of drug-likeness (QED) is 0.0246. The molecule has 8 nitrogen and oxygen atoms in total. The molecule has 3 atom stereocenters. The van der Waals surface area contributed by atoms with E-state index in [2.05, 4.69) is 18.4 Å². The monoisotopic (exact) mass is 777 g/mol. The van der Waals surface area contributed by atoms with Gasteiger partial charge in [0.25, 0.3) is 0 Å². The molecule has 1 heterocycles. The second-order valence-corrected chi connectivity index (χ2v) is 14.0. The van der Waals surface area contributed by atoms with E-state index in [4.69, 9.17) is 14.2 Å². The van der Waals surface area contributed by atoms with Crippen molar-refractivity contribution < 1.29 is 37.8 Å². The van der Waals surface area contributed by atoms with Crippen molar-refractivity contribution in [3.05, 3.63) is 185 Å². The zero-order valence-corrected chi connectivity index (χ0v) is 32.2. The molecule has 5 aromatic carbocycles. The number of rotatable bonds is 16. The molecule has 0 aromatic heterocycles. The van der Waals surface area contributed by atoms with Crippen molar-refractivity contribution in [2.45, 2.75) is 58.0 Å². The Morgan fingerprint density at radius 1 is 0.776 bits per heavy atom. The van der Waals surface area contributed by atoms with Gasteiger partial charge in [-0.3, -0.25) is 19.2 Å². The topological polar surface area (TPSA) is 99.2 Å². The van der Waals surface area contributed by atoms with Crippen LogP contribution in [0.1, 0.15) is 71.7 Å². The Balaban J connectivity index is 1.19. The number of hydrogen-bond acceptors (Lipinski definition) is 7. The van der Waals surface area contributed by atoms with E-state index < -0.39 is 41.7 Å². The summed E-state index contributed by atoms with van der Waals surface area (Å²) >= 11 is 0. The molecule has 1 saturated heterocycles. The summed E-state index contributed by atoms with van der Waals surface area (Å²) < 4.78 is 30.3. The van der Waals surface area contributed by atoms with Crippen LogP contribution in [0.25, 0.3) is 0 Å². The number of ether oxygens (including phenoxy) is 3. The number of hydrogen-bond donors (Lipinski definition) is 0. The molecule has 1 amide bonds. The lowest BCUT2D eigenvalue weighted by Gasteiger charge is -2.48. The molecule has 0 radical (unpaired) electrons. The molecular formula is C49H44FNO7. The van der Waals surface area contributed by atoms with E-state index in [0.29, 0.717) is 30.4 Å². The number of nitrogens with zero attached hydrogens (tertiary/aromatic N) is 1. The molecule has 0 N–H and O–H groups in total.